The lowest BCUT2D eigenvalue weighted by Gasteiger charge is -2.33. The number of aromatic nitrogens is 1. The second kappa shape index (κ2) is 9.73. The molecule has 0 unspecified atom stereocenters. The number of amides is 1. The molecule has 0 radical (unpaired) electrons. The summed E-state index contributed by atoms with van der Waals surface area (Å²) in [5.41, 5.74) is 1.26. The number of carbonyl (C=O) groups excluding carboxylic acids is 1. The van der Waals surface area contributed by atoms with E-state index in [2.05, 4.69) is 22.1 Å². The van der Waals surface area contributed by atoms with E-state index in [9.17, 15) is 9.59 Å². The molecule has 1 atom stereocenters. The highest BCUT2D eigenvalue weighted by atomic mass is 16.5. The molecule has 0 aliphatic carbocycles. The number of nitrogens with zero attached hydrogens (tertiary/aromatic N) is 1. The number of H-pyrrole nitrogens is 1. The summed E-state index contributed by atoms with van der Waals surface area (Å²) in [5, 5.41) is 3.89. The molecular formula is C22H31N3O3. The van der Waals surface area contributed by atoms with E-state index in [-0.39, 0.29) is 11.5 Å². The first-order valence-electron chi connectivity index (χ1n) is 10.3. The molecule has 2 N–H and O–H groups in total. The number of nitrogens with one attached hydrogen (secondary N) is 2. The second-order valence-electron chi connectivity index (χ2n) is 7.66. The number of aryl methyl sites for hydroxylation is 1. The molecule has 1 fully saturated rings. The van der Waals surface area contributed by atoms with Crippen molar-refractivity contribution < 1.29 is 9.53 Å². The molecule has 1 saturated heterocycles. The van der Waals surface area contributed by atoms with Crippen molar-refractivity contribution in [2.24, 2.45) is 0 Å². The molecule has 1 aliphatic rings. The maximum Gasteiger partial charge on any atom is 0.251 e. The molecule has 1 aromatic heterocycles. The van der Waals surface area contributed by atoms with E-state index >= 15 is 0 Å². The number of carbonyl (C=O) groups is 1. The van der Waals surface area contributed by atoms with Crippen LogP contribution in [0.3, 0.4) is 0 Å². The monoisotopic (exact) mass is 385 g/mol. The third kappa shape index (κ3) is 5.35. The van der Waals surface area contributed by atoms with Gasteiger partial charge in [-0.1, -0.05) is 6.42 Å². The molecule has 28 heavy (non-hydrogen) atoms. The highest BCUT2D eigenvalue weighted by Gasteiger charge is 2.17. The molecule has 0 bridgehead atoms. The Morgan fingerprint density at radius 2 is 2.18 bits per heavy atom. The van der Waals surface area contributed by atoms with Crippen molar-refractivity contribution in [2.75, 3.05) is 26.7 Å². The number of methoxy groups -OCH3 is 1. The van der Waals surface area contributed by atoms with E-state index in [0.29, 0.717) is 31.0 Å². The van der Waals surface area contributed by atoms with Crippen LogP contribution >= 0.6 is 0 Å². The number of rotatable bonds is 8. The maximum atomic E-state index is 12.2. The van der Waals surface area contributed by atoms with Crippen molar-refractivity contribution in [1.82, 2.24) is 15.2 Å². The van der Waals surface area contributed by atoms with Crippen LogP contribution in [0.1, 0.15) is 44.6 Å². The minimum Gasteiger partial charge on any atom is -0.497 e. The van der Waals surface area contributed by atoms with Crippen LogP contribution in [0.2, 0.25) is 0 Å². The first-order valence-corrected chi connectivity index (χ1v) is 10.3. The summed E-state index contributed by atoms with van der Waals surface area (Å²) in [6.07, 6.45) is 5.60. The van der Waals surface area contributed by atoms with E-state index < -0.39 is 0 Å². The highest BCUT2D eigenvalue weighted by Crippen LogP contribution is 2.19. The SMILES string of the molecule is COc1ccc2[nH]c(=O)c(CCC(=O)NCCCN3CCCC[C@@H]3C)cc2c1. The van der Waals surface area contributed by atoms with E-state index in [0.717, 1.165) is 29.6 Å². The highest BCUT2D eigenvalue weighted by molar-refractivity contribution is 5.81. The molecule has 2 heterocycles. The largest absolute Gasteiger partial charge is 0.497 e. The summed E-state index contributed by atoms with van der Waals surface area (Å²) >= 11 is 0. The number of ether oxygens (including phenoxy) is 1. The third-order valence-corrected chi connectivity index (χ3v) is 5.63. The lowest BCUT2D eigenvalue weighted by Crippen LogP contribution is -2.39. The summed E-state index contributed by atoms with van der Waals surface area (Å²) in [4.78, 5) is 29.8. The van der Waals surface area contributed by atoms with Crippen LogP contribution in [0.15, 0.2) is 29.1 Å². The fourth-order valence-corrected chi connectivity index (χ4v) is 3.88. The van der Waals surface area contributed by atoms with E-state index in [1.165, 1.54) is 25.8 Å². The summed E-state index contributed by atoms with van der Waals surface area (Å²) in [7, 11) is 1.62. The van der Waals surface area contributed by atoms with Gasteiger partial charge >= 0.3 is 0 Å². The molecule has 0 spiro atoms. The average molecular weight is 386 g/mol. The smallest absolute Gasteiger partial charge is 0.251 e. The van der Waals surface area contributed by atoms with Gasteiger partial charge in [0.25, 0.3) is 5.56 Å². The van der Waals surface area contributed by atoms with Gasteiger partial charge in [-0.15, -0.1) is 0 Å². The van der Waals surface area contributed by atoms with Crippen molar-refractivity contribution in [2.45, 2.75) is 51.5 Å². The minimum atomic E-state index is -0.135. The van der Waals surface area contributed by atoms with Gasteiger partial charge in [0.2, 0.25) is 5.91 Å². The van der Waals surface area contributed by atoms with E-state index in [1.807, 2.05) is 24.3 Å². The van der Waals surface area contributed by atoms with E-state index in [1.54, 1.807) is 7.11 Å². The zero-order chi connectivity index (χ0) is 19.9. The predicted octanol–water partition coefficient (Wildman–Crippen LogP) is 2.85. The number of pyridine rings is 1. The lowest BCUT2D eigenvalue weighted by atomic mass is 10.0. The number of hydrogen-bond donors (Lipinski definition) is 2. The van der Waals surface area contributed by atoms with Gasteiger partial charge in [0.1, 0.15) is 5.75 Å². The Balaban J connectivity index is 1.46. The molecule has 2 aromatic rings. The Bertz CT molecular complexity index is 862. The van der Waals surface area contributed by atoms with Gasteiger partial charge < -0.3 is 19.9 Å². The average Bonchev–Trinajstić information content (AvgIpc) is 2.70. The lowest BCUT2D eigenvalue weighted by molar-refractivity contribution is -0.121. The number of piperidine rings is 1. The standard InChI is InChI=1S/C22H31N3O3/c1-16-6-3-4-12-25(16)13-5-11-23-21(26)10-7-17-14-18-15-19(28-2)8-9-20(18)24-22(17)27/h8-9,14-16H,3-7,10-13H2,1-2H3,(H,23,26)(H,24,27)/t16-/m0/s1. The van der Waals surface area contributed by atoms with Gasteiger partial charge in [0, 0.05) is 42.0 Å². The summed E-state index contributed by atoms with van der Waals surface area (Å²) in [6.45, 7) is 5.18. The Morgan fingerprint density at radius 1 is 1.32 bits per heavy atom. The number of hydrogen-bond acceptors (Lipinski definition) is 4. The summed E-state index contributed by atoms with van der Waals surface area (Å²) < 4.78 is 5.24. The molecule has 1 aromatic carbocycles. The van der Waals surface area contributed by atoms with Gasteiger partial charge in [0.05, 0.1) is 7.11 Å². The van der Waals surface area contributed by atoms with Crippen LogP contribution in [-0.2, 0) is 11.2 Å². The third-order valence-electron chi connectivity index (χ3n) is 5.63. The van der Waals surface area contributed by atoms with Crippen LogP contribution < -0.4 is 15.6 Å². The first-order chi connectivity index (χ1) is 13.6. The molecule has 3 rings (SSSR count). The van der Waals surface area contributed by atoms with Gasteiger partial charge in [-0.2, -0.15) is 0 Å². The number of aromatic amines is 1. The Labute approximate surface area is 166 Å². The molecule has 6 nitrogen and oxygen atoms in total. The zero-order valence-electron chi connectivity index (χ0n) is 16.9. The Hall–Kier alpha value is -2.34. The van der Waals surface area contributed by atoms with Crippen molar-refractivity contribution in [1.29, 1.82) is 0 Å². The van der Waals surface area contributed by atoms with E-state index in [4.69, 9.17) is 4.74 Å². The second-order valence-corrected chi connectivity index (χ2v) is 7.66. The van der Waals surface area contributed by atoms with Gasteiger partial charge in [0.15, 0.2) is 0 Å². The fraction of sp³-hybridized carbons (Fsp3) is 0.545. The molecule has 1 amide bonds. The minimum absolute atomic E-state index is 0.00293. The van der Waals surface area contributed by atoms with Gasteiger partial charge in [-0.05, 0) is 63.4 Å². The summed E-state index contributed by atoms with van der Waals surface area (Å²) in [5.74, 6) is 0.739. The predicted molar refractivity (Wildman–Crippen MR) is 112 cm³/mol. The topological polar surface area (TPSA) is 74.4 Å². The molecule has 1 aliphatic heterocycles. The van der Waals surface area contributed by atoms with Crippen LogP contribution in [0.4, 0.5) is 0 Å². The quantitative estimate of drug-likeness (QED) is 0.685. The zero-order valence-corrected chi connectivity index (χ0v) is 16.9. The molecule has 6 heteroatoms. The maximum absolute atomic E-state index is 12.2. The number of fused-ring (bicyclic) bond motifs is 1. The van der Waals surface area contributed by atoms with Crippen molar-refractivity contribution in [3.63, 3.8) is 0 Å². The van der Waals surface area contributed by atoms with Crippen LogP contribution in [0, 0.1) is 0 Å². The van der Waals surface area contributed by atoms with Crippen molar-refractivity contribution >= 4 is 16.8 Å². The van der Waals surface area contributed by atoms with Gasteiger partial charge in [-0.25, -0.2) is 0 Å². The Morgan fingerprint density at radius 3 is 2.96 bits per heavy atom. The Kier molecular flexibility index (Phi) is 7.09. The number of likely N-dealkylation sites (tertiary alicyclic amines) is 1. The van der Waals surface area contributed by atoms with Crippen LogP contribution in [0.25, 0.3) is 10.9 Å². The first kappa shape index (κ1) is 20.4. The van der Waals surface area contributed by atoms with Gasteiger partial charge in [-0.3, -0.25) is 9.59 Å². The van der Waals surface area contributed by atoms with Crippen LogP contribution in [0.5, 0.6) is 5.75 Å². The normalized spacial score (nSPS) is 17.6. The fourth-order valence-electron chi connectivity index (χ4n) is 3.88. The molecule has 0 saturated carbocycles. The summed E-state index contributed by atoms with van der Waals surface area (Å²) in [6, 6.07) is 8.03. The molecular weight excluding hydrogens is 354 g/mol. The molecule has 152 valence electrons. The van der Waals surface area contributed by atoms with Crippen LogP contribution in [-0.4, -0.2) is 48.6 Å². The number of benzene rings is 1. The van der Waals surface area contributed by atoms with Crippen molar-refractivity contribution in [3.8, 4) is 5.75 Å². The van der Waals surface area contributed by atoms with Crippen molar-refractivity contribution in [3.05, 3.63) is 40.2 Å².